The fourth-order valence-electron chi connectivity index (χ4n) is 3.18. The summed E-state index contributed by atoms with van der Waals surface area (Å²) >= 11 is 3.37. The van der Waals surface area contributed by atoms with Crippen molar-refractivity contribution in [1.29, 1.82) is 0 Å². The lowest BCUT2D eigenvalue weighted by Gasteiger charge is -2.28. The summed E-state index contributed by atoms with van der Waals surface area (Å²) in [4.78, 5) is 23.1. The van der Waals surface area contributed by atoms with Gasteiger partial charge in [0.2, 0.25) is 5.91 Å². The Bertz CT molecular complexity index is 955. The Morgan fingerprint density at radius 3 is 2.19 bits per heavy atom. The maximum Gasteiger partial charge on any atom is 0.308 e. The van der Waals surface area contributed by atoms with E-state index in [1.807, 2.05) is 24.3 Å². The van der Waals surface area contributed by atoms with Crippen LogP contribution in [0.1, 0.15) is 6.42 Å². The highest BCUT2D eigenvalue weighted by atomic mass is 79.9. The average molecular weight is 452 g/mol. The first-order valence-electron chi connectivity index (χ1n) is 8.34. The smallest absolute Gasteiger partial charge is 0.308 e. The highest BCUT2D eigenvalue weighted by Gasteiger charge is 2.37. The lowest BCUT2D eigenvalue weighted by molar-refractivity contribution is -0.145. The summed E-state index contributed by atoms with van der Waals surface area (Å²) in [5.74, 6) is -3.43. The van der Waals surface area contributed by atoms with Crippen molar-refractivity contribution in [2.45, 2.75) is 11.3 Å². The summed E-state index contributed by atoms with van der Waals surface area (Å²) in [5, 5.41) is 11.8. The topological polar surface area (TPSA) is 101 Å². The van der Waals surface area contributed by atoms with Crippen molar-refractivity contribution >= 4 is 37.6 Å². The van der Waals surface area contributed by atoms with Crippen LogP contribution in [0.5, 0.6) is 0 Å². The van der Waals surface area contributed by atoms with Crippen LogP contribution in [0.3, 0.4) is 0 Å². The number of piperidine rings is 1. The van der Waals surface area contributed by atoms with Crippen LogP contribution in [-0.4, -0.2) is 37.7 Å². The standard InChI is InChI=1S/C19H18BrNO5S/c20-15-5-1-12(2-6-15)13-3-7-16(8-4-13)27(25,26)11-14-9-18(22)21-10-17(14)19(23)24/h1-8,14,17H,9-11H2,(H,21,22)(H,23,24). The molecule has 0 aliphatic carbocycles. The molecule has 142 valence electrons. The van der Waals surface area contributed by atoms with Gasteiger partial charge in [-0.05, 0) is 41.3 Å². The molecule has 0 radical (unpaired) electrons. The van der Waals surface area contributed by atoms with Crippen molar-refractivity contribution in [3.63, 3.8) is 0 Å². The number of aliphatic carboxylic acids is 1. The van der Waals surface area contributed by atoms with Crippen LogP contribution in [0.2, 0.25) is 0 Å². The van der Waals surface area contributed by atoms with Gasteiger partial charge < -0.3 is 10.4 Å². The first-order valence-corrected chi connectivity index (χ1v) is 10.8. The first-order chi connectivity index (χ1) is 12.8. The number of carbonyl (C=O) groups excluding carboxylic acids is 1. The third kappa shape index (κ3) is 4.56. The van der Waals surface area contributed by atoms with Crippen LogP contribution in [-0.2, 0) is 19.4 Å². The summed E-state index contributed by atoms with van der Waals surface area (Å²) in [6.07, 6.45) is -0.104. The molecule has 2 aromatic rings. The molecule has 0 aromatic heterocycles. The minimum absolute atomic E-state index is 0.0448. The number of carboxylic acids is 1. The molecular weight excluding hydrogens is 434 g/mol. The van der Waals surface area contributed by atoms with Crippen molar-refractivity contribution in [2.24, 2.45) is 11.8 Å². The highest BCUT2D eigenvalue weighted by molar-refractivity contribution is 9.10. The fraction of sp³-hybridized carbons (Fsp3) is 0.263. The Morgan fingerprint density at radius 2 is 1.63 bits per heavy atom. The lowest BCUT2D eigenvalue weighted by atomic mass is 9.88. The molecule has 2 aromatic carbocycles. The molecule has 2 unspecified atom stereocenters. The highest BCUT2D eigenvalue weighted by Crippen LogP contribution is 2.27. The molecule has 1 saturated heterocycles. The average Bonchev–Trinajstić information content (AvgIpc) is 2.62. The molecule has 3 rings (SSSR count). The molecular formula is C19H18BrNO5S. The van der Waals surface area contributed by atoms with Gasteiger partial charge in [-0.25, -0.2) is 8.42 Å². The van der Waals surface area contributed by atoms with Crippen LogP contribution in [0.25, 0.3) is 11.1 Å². The molecule has 2 atom stereocenters. The molecule has 27 heavy (non-hydrogen) atoms. The van der Waals surface area contributed by atoms with Crippen molar-refractivity contribution in [3.05, 3.63) is 53.0 Å². The van der Waals surface area contributed by atoms with Gasteiger partial charge in [0, 0.05) is 17.4 Å². The van der Waals surface area contributed by atoms with Crippen LogP contribution < -0.4 is 5.32 Å². The van der Waals surface area contributed by atoms with Crippen molar-refractivity contribution in [3.8, 4) is 11.1 Å². The zero-order chi connectivity index (χ0) is 19.6. The quantitative estimate of drug-likeness (QED) is 0.727. The molecule has 0 spiro atoms. The summed E-state index contributed by atoms with van der Waals surface area (Å²) in [6, 6.07) is 14.1. The maximum atomic E-state index is 12.7. The van der Waals surface area contributed by atoms with Crippen molar-refractivity contribution in [1.82, 2.24) is 5.32 Å². The number of sulfone groups is 1. The van der Waals surface area contributed by atoms with E-state index in [2.05, 4.69) is 21.2 Å². The number of benzene rings is 2. The van der Waals surface area contributed by atoms with Crippen LogP contribution in [0.15, 0.2) is 57.9 Å². The van der Waals surface area contributed by atoms with Gasteiger partial charge in [-0.3, -0.25) is 9.59 Å². The number of carboxylic acid groups (broad SMARTS) is 1. The Hall–Kier alpha value is -2.19. The van der Waals surface area contributed by atoms with Crippen LogP contribution in [0.4, 0.5) is 0 Å². The molecule has 0 bridgehead atoms. The Kier molecular flexibility index (Phi) is 5.67. The van der Waals surface area contributed by atoms with Gasteiger partial charge >= 0.3 is 5.97 Å². The minimum atomic E-state index is -3.71. The van der Waals surface area contributed by atoms with Crippen molar-refractivity contribution < 1.29 is 23.1 Å². The molecule has 1 heterocycles. The number of nitrogens with one attached hydrogen (secondary N) is 1. The first kappa shape index (κ1) is 19.6. The van der Waals surface area contributed by atoms with Crippen LogP contribution in [0, 0.1) is 11.8 Å². The Morgan fingerprint density at radius 1 is 1.07 bits per heavy atom. The van der Waals surface area contributed by atoms with Gasteiger partial charge in [0.15, 0.2) is 9.84 Å². The second-order valence-electron chi connectivity index (χ2n) is 6.53. The van der Waals surface area contributed by atoms with Crippen LogP contribution >= 0.6 is 15.9 Å². The zero-order valence-electron chi connectivity index (χ0n) is 14.3. The molecule has 1 aliphatic rings. The van der Waals surface area contributed by atoms with E-state index in [9.17, 15) is 23.1 Å². The second-order valence-corrected chi connectivity index (χ2v) is 9.48. The van der Waals surface area contributed by atoms with E-state index in [0.29, 0.717) is 0 Å². The normalized spacial score (nSPS) is 20.1. The summed E-state index contributed by atoms with van der Waals surface area (Å²) in [5.41, 5.74) is 1.83. The van der Waals surface area contributed by atoms with Gasteiger partial charge in [-0.1, -0.05) is 40.2 Å². The van der Waals surface area contributed by atoms with E-state index in [0.717, 1.165) is 15.6 Å². The summed E-state index contributed by atoms with van der Waals surface area (Å²) in [7, 11) is -3.71. The van der Waals surface area contributed by atoms with Gasteiger partial charge in [-0.2, -0.15) is 0 Å². The summed E-state index contributed by atoms with van der Waals surface area (Å²) < 4.78 is 26.4. The van der Waals surface area contributed by atoms with Gasteiger partial charge in [0.05, 0.1) is 16.6 Å². The number of carbonyl (C=O) groups is 2. The fourth-order valence-corrected chi connectivity index (χ4v) is 5.10. The largest absolute Gasteiger partial charge is 0.481 e. The molecule has 1 aliphatic heterocycles. The number of amides is 1. The number of rotatable bonds is 5. The minimum Gasteiger partial charge on any atom is -0.481 e. The third-order valence-corrected chi connectivity index (χ3v) is 7.06. The SMILES string of the molecule is O=C1CC(CS(=O)(=O)c2ccc(-c3ccc(Br)cc3)cc2)C(C(=O)O)CN1. The Labute approximate surface area is 165 Å². The lowest BCUT2D eigenvalue weighted by Crippen LogP contribution is -2.46. The van der Waals surface area contributed by atoms with Gasteiger partial charge in [0.1, 0.15) is 0 Å². The predicted octanol–water partition coefficient (Wildman–Crippen LogP) is 2.73. The Balaban J connectivity index is 1.81. The van der Waals surface area contributed by atoms with E-state index in [4.69, 9.17) is 0 Å². The summed E-state index contributed by atoms with van der Waals surface area (Å²) in [6.45, 7) is -0.0448. The zero-order valence-corrected chi connectivity index (χ0v) is 16.7. The number of hydrogen-bond acceptors (Lipinski definition) is 4. The second kappa shape index (κ2) is 7.82. The third-order valence-electron chi connectivity index (χ3n) is 4.68. The molecule has 1 fully saturated rings. The van der Waals surface area contributed by atoms with Crippen molar-refractivity contribution in [2.75, 3.05) is 12.3 Å². The molecule has 0 saturated carbocycles. The van der Waals surface area contributed by atoms with E-state index >= 15 is 0 Å². The van der Waals surface area contributed by atoms with Gasteiger partial charge in [-0.15, -0.1) is 0 Å². The van der Waals surface area contributed by atoms with E-state index < -0.39 is 27.6 Å². The number of halogens is 1. The molecule has 6 nitrogen and oxygen atoms in total. The molecule has 2 N–H and O–H groups in total. The monoisotopic (exact) mass is 451 g/mol. The van der Waals surface area contributed by atoms with E-state index in [-0.39, 0.29) is 29.5 Å². The van der Waals surface area contributed by atoms with Gasteiger partial charge in [0.25, 0.3) is 0 Å². The molecule has 1 amide bonds. The van der Waals surface area contributed by atoms with E-state index in [1.165, 1.54) is 12.1 Å². The maximum absolute atomic E-state index is 12.7. The van der Waals surface area contributed by atoms with E-state index in [1.54, 1.807) is 12.1 Å². The number of hydrogen-bond donors (Lipinski definition) is 2. The molecule has 8 heteroatoms. The predicted molar refractivity (Wildman–Crippen MR) is 104 cm³/mol.